The molecule has 3 nitrogen and oxygen atoms in total. The molecule has 0 bridgehead atoms. The lowest BCUT2D eigenvalue weighted by atomic mass is 10.2. The Hall–Kier alpha value is -0.830. The van der Waals surface area contributed by atoms with E-state index in [4.69, 9.17) is 11.6 Å². The van der Waals surface area contributed by atoms with Gasteiger partial charge in [0.15, 0.2) is 5.78 Å². The van der Waals surface area contributed by atoms with Gasteiger partial charge in [0.05, 0.1) is 16.4 Å². The fourth-order valence-corrected chi connectivity index (χ4v) is 1.32. The van der Waals surface area contributed by atoms with E-state index in [9.17, 15) is 4.79 Å². The topological polar surface area (TPSA) is 34.9 Å². The minimum absolute atomic E-state index is 0.0854. The van der Waals surface area contributed by atoms with Gasteiger partial charge in [-0.25, -0.2) is 0 Å². The summed E-state index contributed by atoms with van der Waals surface area (Å²) in [5, 5.41) is 4.84. The predicted octanol–water partition coefficient (Wildman–Crippen LogP) is 2.30. The first-order valence-corrected chi connectivity index (χ1v) is 4.54. The lowest BCUT2D eigenvalue weighted by molar-refractivity contribution is -0.119. The maximum Gasteiger partial charge on any atom is 0.154 e. The average molecular weight is 201 g/mol. The quantitative estimate of drug-likeness (QED) is 0.735. The van der Waals surface area contributed by atoms with Crippen molar-refractivity contribution in [1.29, 1.82) is 0 Å². The van der Waals surface area contributed by atoms with Crippen molar-refractivity contribution in [2.75, 3.05) is 0 Å². The fraction of sp³-hybridized carbons (Fsp3) is 0.556. The van der Waals surface area contributed by atoms with Gasteiger partial charge >= 0.3 is 0 Å². The highest BCUT2D eigenvalue weighted by Crippen LogP contribution is 2.22. The predicted molar refractivity (Wildman–Crippen MR) is 52.1 cm³/mol. The number of carbonyl (C=O) groups excluding carboxylic acids is 1. The summed E-state index contributed by atoms with van der Waals surface area (Å²) in [6.07, 6.45) is 0. The first-order chi connectivity index (χ1) is 5.95. The molecule has 0 aliphatic carbocycles. The van der Waals surface area contributed by atoms with Crippen LogP contribution in [0.2, 0.25) is 5.02 Å². The zero-order chi connectivity index (χ0) is 10.2. The van der Waals surface area contributed by atoms with Crippen LogP contribution in [0.4, 0.5) is 0 Å². The third-order valence-electron chi connectivity index (χ3n) is 2.19. The number of nitrogens with zero attached hydrogens (tertiary/aromatic N) is 2. The van der Waals surface area contributed by atoms with Crippen molar-refractivity contribution in [3.05, 3.63) is 16.4 Å². The van der Waals surface area contributed by atoms with E-state index in [1.54, 1.807) is 11.6 Å². The Kier molecular flexibility index (Phi) is 2.76. The number of rotatable bonds is 2. The van der Waals surface area contributed by atoms with Crippen LogP contribution in [0.25, 0.3) is 0 Å². The zero-order valence-corrected chi connectivity index (χ0v) is 9.01. The van der Waals surface area contributed by atoms with Crippen LogP contribution in [0.15, 0.2) is 0 Å². The number of ketones is 1. The molecule has 0 saturated carbocycles. The number of Topliss-reactive ketones (excluding diaryl/α,β-unsaturated/α-hetero) is 1. The molecule has 0 aliphatic heterocycles. The maximum absolute atomic E-state index is 11.1. The third kappa shape index (κ3) is 1.75. The molecule has 0 fully saturated rings. The van der Waals surface area contributed by atoms with Crippen LogP contribution < -0.4 is 0 Å². The van der Waals surface area contributed by atoms with E-state index in [1.165, 1.54) is 0 Å². The molecule has 1 aromatic rings. The Morgan fingerprint density at radius 3 is 2.38 bits per heavy atom. The SMILES string of the molecule is CC(=O)C(C)n1nc(C)c(Cl)c1C. The first-order valence-electron chi connectivity index (χ1n) is 4.16. The molecule has 4 heteroatoms. The van der Waals surface area contributed by atoms with E-state index in [0.717, 1.165) is 11.4 Å². The van der Waals surface area contributed by atoms with Gasteiger partial charge in [0.1, 0.15) is 6.04 Å². The summed E-state index contributed by atoms with van der Waals surface area (Å²) >= 11 is 5.95. The molecule has 1 aromatic heterocycles. The number of hydrogen-bond donors (Lipinski definition) is 0. The zero-order valence-electron chi connectivity index (χ0n) is 8.26. The second kappa shape index (κ2) is 3.50. The molecule has 0 N–H and O–H groups in total. The van der Waals surface area contributed by atoms with Crippen molar-refractivity contribution in [2.24, 2.45) is 0 Å². The van der Waals surface area contributed by atoms with Crippen LogP contribution in [0.3, 0.4) is 0 Å². The lowest BCUT2D eigenvalue weighted by Crippen LogP contribution is -2.15. The number of carbonyl (C=O) groups is 1. The van der Waals surface area contributed by atoms with E-state index in [0.29, 0.717) is 5.02 Å². The standard InChI is InChI=1S/C9H13ClN2O/c1-5-9(10)7(3)12(11-5)6(2)8(4)13/h6H,1-4H3. The van der Waals surface area contributed by atoms with Crippen LogP contribution in [0.5, 0.6) is 0 Å². The summed E-state index contributed by atoms with van der Waals surface area (Å²) in [5.74, 6) is 0.0854. The monoisotopic (exact) mass is 200 g/mol. The fourth-order valence-electron chi connectivity index (χ4n) is 1.19. The molecule has 0 aromatic carbocycles. The highest BCUT2D eigenvalue weighted by atomic mass is 35.5. The number of halogens is 1. The third-order valence-corrected chi connectivity index (χ3v) is 2.74. The van der Waals surface area contributed by atoms with E-state index in [1.807, 2.05) is 20.8 Å². The maximum atomic E-state index is 11.1. The molecular formula is C9H13ClN2O. The molecule has 0 saturated heterocycles. The average Bonchev–Trinajstić information content (AvgIpc) is 2.31. The minimum Gasteiger partial charge on any atom is -0.298 e. The molecule has 1 unspecified atom stereocenters. The summed E-state index contributed by atoms with van der Waals surface area (Å²) < 4.78 is 1.67. The molecule has 1 atom stereocenters. The molecule has 13 heavy (non-hydrogen) atoms. The van der Waals surface area contributed by atoms with Crippen molar-refractivity contribution in [1.82, 2.24) is 9.78 Å². The van der Waals surface area contributed by atoms with Gasteiger partial charge in [0.25, 0.3) is 0 Å². The lowest BCUT2D eigenvalue weighted by Gasteiger charge is -2.09. The summed E-state index contributed by atoms with van der Waals surface area (Å²) in [6, 6.07) is -0.230. The van der Waals surface area contributed by atoms with Gasteiger partial charge in [-0.05, 0) is 27.7 Å². The molecular weight excluding hydrogens is 188 g/mol. The van der Waals surface area contributed by atoms with E-state index < -0.39 is 0 Å². The number of aryl methyl sites for hydroxylation is 1. The van der Waals surface area contributed by atoms with Gasteiger partial charge in [-0.2, -0.15) is 5.10 Å². The van der Waals surface area contributed by atoms with E-state index >= 15 is 0 Å². The number of aromatic nitrogens is 2. The summed E-state index contributed by atoms with van der Waals surface area (Å²) in [6.45, 7) is 7.06. The Morgan fingerprint density at radius 2 is 2.08 bits per heavy atom. The van der Waals surface area contributed by atoms with Crippen molar-refractivity contribution >= 4 is 17.4 Å². The smallest absolute Gasteiger partial charge is 0.154 e. The van der Waals surface area contributed by atoms with E-state index in [-0.39, 0.29) is 11.8 Å². The van der Waals surface area contributed by atoms with Gasteiger partial charge in [-0.3, -0.25) is 9.48 Å². The Balaban J connectivity index is 3.15. The van der Waals surface area contributed by atoms with Gasteiger partial charge in [0.2, 0.25) is 0 Å². The van der Waals surface area contributed by atoms with Crippen molar-refractivity contribution < 1.29 is 4.79 Å². The van der Waals surface area contributed by atoms with E-state index in [2.05, 4.69) is 5.10 Å². The Bertz CT molecular complexity index is 344. The van der Waals surface area contributed by atoms with Gasteiger partial charge in [-0.1, -0.05) is 11.6 Å². The van der Waals surface area contributed by atoms with Gasteiger partial charge in [0, 0.05) is 0 Å². The number of hydrogen-bond acceptors (Lipinski definition) is 2. The summed E-state index contributed by atoms with van der Waals surface area (Å²) in [4.78, 5) is 11.1. The van der Waals surface area contributed by atoms with Crippen LogP contribution in [0.1, 0.15) is 31.3 Å². The second-order valence-electron chi connectivity index (χ2n) is 3.22. The largest absolute Gasteiger partial charge is 0.298 e. The van der Waals surface area contributed by atoms with Gasteiger partial charge < -0.3 is 0 Å². The molecule has 0 spiro atoms. The highest BCUT2D eigenvalue weighted by molar-refractivity contribution is 6.31. The summed E-state index contributed by atoms with van der Waals surface area (Å²) in [5.41, 5.74) is 1.62. The van der Waals surface area contributed by atoms with Crippen LogP contribution in [0, 0.1) is 13.8 Å². The molecule has 1 rings (SSSR count). The Labute approximate surface area is 82.7 Å². The summed E-state index contributed by atoms with van der Waals surface area (Å²) in [7, 11) is 0. The molecule has 72 valence electrons. The normalized spacial score (nSPS) is 13.0. The van der Waals surface area contributed by atoms with Crippen molar-refractivity contribution in [3.63, 3.8) is 0 Å². The molecule has 0 radical (unpaired) electrons. The molecule has 0 amide bonds. The Morgan fingerprint density at radius 1 is 1.54 bits per heavy atom. The van der Waals surface area contributed by atoms with Crippen LogP contribution in [-0.4, -0.2) is 15.6 Å². The second-order valence-corrected chi connectivity index (χ2v) is 3.59. The van der Waals surface area contributed by atoms with Crippen LogP contribution in [-0.2, 0) is 4.79 Å². The van der Waals surface area contributed by atoms with Crippen molar-refractivity contribution in [2.45, 2.75) is 33.7 Å². The molecule has 0 aliphatic rings. The minimum atomic E-state index is -0.230. The van der Waals surface area contributed by atoms with Crippen molar-refractivity contribution in [3.8, 4) is 0 Å². The van der Waals surface area contributed by atoms with Crippen LogP contribution >= 0.6 is 11.6 Å². The molecule has 1 heterocycles. The van der Waals surface area contributed by atoms with Gasteiger partial charge in [-0.15, -0.1) is 0 Å². The highest BCUT2D eigenvalue weighted by Gasteiger charge is 2.16. The first kappa shape index (κ1) is 10.3.